The van der Waals surface area contributed by atoms with Crippen molar-refractivity contribution in [3.05, 3.63) is 91.4 Å². The third-order valence-electron chi connectivity index (χ3n) is 7.23. The van der Waals surface area contributed by atoms with Crippen LogP contribution in [0.4, 0.5) is 5.00 Å². The lowest BCUT2D eigenvalue weighted by Crippen LogP contribution is -2.23. The minimum absolute atomic E-state index is 0.000219. The first-order chi connectivity index (χ1) is 20.3. The van der Waals surface area contributed by atoms with Crippen LogP contribution < -0.4 is 10.9 Å². The second-order valence-corrected chi connectivity index (χ2v) is 13.4. The predicted molar refractivity (Wildman–Crippen MR) is 172 cm³/mol. The molecule has 11 heteroatoms. The van der Waals surface area contributed by atoms with Gasteiger partial charge in [0.25, 0.3) is 5.56 Å². The Morgan fingerprint density at radius 1 is 1.17 bits per heavy atom. The van der Waals surface area contributed by atoms with Crippen molar-refractivity contribution < 1.29 is 14.3 Å². The van der Waals surface area contributed by atoms with E-state index in [2.05, 4.69) is 12.2 Å². The molecule has 0 radical (unpaired) electrons. The summed E-state index contributed by atoms with van der Waals surface area (Å²) in [6.07, 6.45) is 2.65. The molecule has 0 aliphatic heterocycles. The SMILES string of the molecule is COC(=O)c1c(NC(=O)CSc2nc3scc(-c4ccc(Cl)cc4)c3c(=O)n2-c2ccccc2)sc2c1CCC(C)C2. The minimum Gasteiger partial charge on any atom is -0.465 e. The van der Waals surface area contributed by atoms with Crippen LogP contribution in [0.5, 0.6) is 0 Å². The van der Waals surface area contributed by atoms with E-state index < -0.39 is 5.97 Å². The van der Waals surface area contributed by atoms with Crippen LogP contribution in [0.25, 0.3) is 27.0 Å². The number of anilines is 1. The largest absolute Gasteiger partial charge is 0.465 e. The average molecular weight is 636 g/mol. The van der Waals surface area contributed by atoms with Gasteiger partial charge in [-0.1, -0.05) is 60.6 Å². The number of carbonyl (C=O) groups excluding carboxylic acids is 2. The standard InChI is InChI=1S/C31H26ClN3O4S3/c1-17-8-13-21-23(14-17)42-28(26(21)30(38)39-2)33-24(36)16-41-31-34-27-25(29(37)35(31)20-6-4-3-5-7-20)22(15-40-27)18-9-11-19(32)12-10-18/h3-7,9-12,15,17H,8,13-14,16H2,1-2H3,(H,33,36). The number of rotatable bonds is 7. The number of nitrogens with one attached hydrogen (secondary N) is 1. The lowest BCUT2D eigenvalue weighted by atomic mass is 9.88. The molecule has 1 unspecified atom stereocenters. The Morgan fingerprint density at radius 3 is 2.67 bits per heavy atom. The quantitative estimate of drug-likeness (QED) is 0.113. The summed E-state index contributed by atoms with van der Waals surface area (Å²) in [5.74, 6) is -0.211. The van der Waals surface area contributed by atoms with Crippen LogP contribution in [0.3, 0.4) is 0 Å². The zero-order valence-corrected chi connectivity index (χ0v) is 26.0. The van der Waals surface area contributed by atoms with Gasteiger partial charge < -0.3 is 10.1 Å². The monoisotopic (exact) mass is 635 g/mol. The molecule has 1 amide bonds. The highest BCUT2D eigenvalue weighted by Crippen LogP contribution is 2.40. The Morgan fingerprint density at radius 2 is 1.93 bits per heavy atom. The number of halogens is 1. The van der Waals surface area contributed by atoms with Gasteiger partial charge in [-0.2, -0.15) is 0 Å². The number of fused-ring (bicyclic) bond motifs is 2. The highest BCUT2D eigenvalue weighted by atomic mass is 35.5. The van der Waals surface area contributed by atoms with E-state index in [-0.39, 0.29) is 17.2 Å². The van der Waals surface area contributed by atoms with Gasteiger partial charge in [0, 0.05) is 20.8 Å². The van der Waals surface area contributed by atoms with E-state index in [0.29, 0.717) is 42.6 Å². The van der Waals surface area contributed by atoms with E-state index in [1.54, 1.807) is 16.7 Å². The van der Waals surface area contributed by atoms with Gasteiger partial charge in [-0.3, -0.25) is 14.2 Å². The number of para-hydroxylation sites is 1. The fourth-order valence-electron chi connectivity index (χ4n) is 5.17. The number of ether oxygens (including phenoxy) is 1. The molecule has 0 saturated heterocycles. The normalized spacial score (nSPS) is 14.5. The molecule has 2 aromatic carbocycles. The fraction of sp³-hybridized carbons (Fsp3) is 0.226. The van der Waals surface area contributed by atoms with E-state index in [0.717, 1.165) is 40.8 Å². The van der Waals surface area contributed by atoms with Gasteiger partial charge in [0.1, 0.15) is 9.83 Å². The van der Waals surface area contributed by atoms with E-state index in [4.69, 9.17) is 21.3 Å². The summed E-state index contributed by atoms with van der Waals surface area (Å²) in [7, 11) is 1.35. The molecule has 3 aromatic heterocycles. The number of hydrogen-bond donors (Lipinski definition) is 1. The molecule has 7 nitrogen and oxygen atoms in total. The number of amides is 1. The zero-order chi connectivity index (χ0) is 29.4. The van der Waals surface area contributed by atoms with Crippen molar-refractivity contribution >= 4 is 73.1 Å². The lowest BCUT2D eigenvalue weighted by Gasteiger charge is -2.18. The molecule has 0 fully saturated rings. The van der Waals surface area contributed by atoms with Gasteiger partial charge in [0.2, 0.25) is 5.91 Å². The van der Waals surface area contributed by atoms with Crippen molar-refractivity contribution in [2.45, 2.75) is 31.3 Å². The lowest BCUT2D eigenvalue weighted by molar-refractivity contribution is -0.113. The smallest absolute Gasteiger partial charge is 0.341 e. The van der Waals surface area contributed by atoms with Crippen LogP contribution >= 0.6 is 46.0 Å². The molecular weight excluding hydrogens is 610 g/mol. The molecule has 1 aliphatic rings. The summed E-state index contributed by atoms with van der Waals surface area (Å²) in [6, 6.07) is 16.6. The maximum atomic E-state index is 14.0. The van der Waals surface area contributed by atoms with E-state index in [1.165, 1.54) is 41.5 Å². The average Bonchev–Trinajstić information content (AvgIpc) is 3.57. The molecule has 3 heterocycles. The number of benzene rings is 2. The van der Waals surface area contributed by atoms with Gasteiger partial charge in [-0.05, 0) is 60.6 Å². The van der Waals surface area contributed by atoms with Crippen molar-refractivity contribution in [3.63, 3.8) is 0 Å². The van der Waals surface area contributed by atoms with Crippen LogP contribution in [0.1, 0.15) is 34.1 Å². The number of esters is 1. The Hall–Kier alpha value is -3.44. The first-order valence-corrected chi connectivity index (χ1v) is 16.4. The molecule has 214 valence electrons. The first kappa shape index (κ1) is 28.7. The maximum Gasteiger partial charge on any atom is 0.341 e. The molecule has 1 N–H and O–H groups in total. The third kappa shape index (κ3) is 5.51. The predicted octanol–water partition coefficient (Wildman–Crippen LogP) is 7.47. The number of thioether (sulfide) groups is 1. The van der Waals surface area contributed by atoms with Crippen LogP contribution in [-0.2, 0) is 22.4 Å². The zero-order valence-electron chi connectivity index (χ0n) is 22.8. The molecule has 1 aliphatic carbocycles. The van der Waals surface area contributed by atoms with E-state index >= 15 is 0 Å². The molecule has 42 heavy (non-hydrogen) atoms. The van der Waals surface area contributed by atoms with Crippen molar-refractivity contribution in [2.24, 2.45) is 5.92 Å². The first-order valence-electron chi connectivity index (χ1n) is 13.3. The van der Waals surface area contributed by atoms with Crippen molar-refractivity contribution in [2.75, 3.05) is 18.2 Å². The fourth-order valence-corrected chi connectivity index (χ4v) is 8.51. The Kier molecular flexibility index (Phi) is 8.22. The van der Waals surface area contributed by atoms with Crippen LogP contribution in [0.15, 0.2) is 69.9 Å². The third-order valence-corrected chi connectivity index (χ3v) is 10.5. The topological polar surface area (TPSA) is 90.3 Å². The van der Waals surface area contributed by atoms with Crippen molar-refractivity contribution in [1.29, 1.82) is 0 Å². The number of thiophene rings is 2. The van der Waals surface area contributed by atoms with Crippen LogP contribution in [-0.4, -0.2) is 34.3 Å². The van der Waals surface area contributed by atoms with Crippen molar-refractivity contribution in [3.8, 4) is 16.8 Å². The van der Waals surface area contributed by atoms with Gasteiger partial charge in [0.15, 0.2) is 5.16 Å². The molecule has 0 saturated carbocycles. The summed E-state index contributed by atoms with van der Waals surface area (Å²) in [6.45, 7) is 2.19. The summed E-state index contributed by atoms with van der Waals surface area (Å²) in [4.78, 5) is 46.5. The number of methoxy groups -OCH3 is 1. The van der Waals surface area contributed by atoms with Gasteiger partial charge >= 0.3 is 5.97 Å². The van der Waals surface area contributed by atoms with Gasteiger partial charge in [0.05, 0.1) is 29.5 Å². The summed E-state index contributed by atoms with van der Waals surface area (Å²) < 4.78 is 6.61. The summed E-state index contributed by atoms with van der Waals surface area (Å²) in [5.41, 5.74) is 3.53. The second-order valence-electron chi connectivity index (χ2n) is 10.1. The Labute approximate surface area is 259 Å². The molecule has 1 atom stereocenters. The molecule has 6 rings (SSSR count). The molecule has 0 bridgehead atoms. The van der Waals surface area contributed by atoms with Gasteiger partial charge in [-0.25, -0.2) is 9.78 Å². The molecule has 5 aromatic rings. The number of hydrogen-bond acceptors (Lipinski definition) is 8. The second kappa shape index (κ2) is 12.0. The number of aromatic nitrogens is 2. The van der Waals surface area contributed by atoms with Crippen LogP contribution in [0, 0.1) is 5.92 Å². The molecular formula is C31H26ClN3O4S3. The highest BCUT2D eigenvalue weighted by Gasteiger charge is 2.29. The maximum absolute atomic E-state index is 14.0. The molecule has 0 spiro atoms. The van der Waals surface area contributed by atoms with E-state index in [9.17, 15) is 14.4 Å². The summed E-state index contributed by atoms with van der Waals surface area (Å²) >= 11 is 10.1. The summed E-state index contributed by atoms with van der Waals surface area (Å²) in [5, 5.41) is 6.92. The van der Waals surface area contributed by atoms with Gasteiger partial charge in [-0.15, -0.1) is 22.7 Å². The number of carbonyl (C=O) groups is 2. The van der Waals surface area contributed by atoms with Crippen LogP contribution in [0.2, 0.25) is 5.02 Å². The van der Waals surface area contributed by atoms with E-state index in [1.807, 2.05) is 47.8 Å². The van der Waals surface area contributed by atoms with Crippen molar-refractivity contribution in [1.82, 2.24) is 9.55 Å². The Bertz CT molecular complexity index is 1860. The Balaban J connectivity index is 1.33. The highest BCUT2D eigenvalue weighted by molar-refractivity contribution is 7.99. The minimum atomic E-state index is -0.441. The number of nitrogens with zero attached hydrogens (tertiary/aromatic N) is 2.